The molecule has 3 aromatic rings. The molecule has 0 radical (unpaired) electrons. The van der Waals surface area contributed by atoms with Crippen molar-refractivity contribution in [2.45, 2.75) is 19.5 Å². The summed E-state index contributed by atoms with van der Waals surface area (Å²) >= 11 is 6.32. The molecule has 0 saturated carbocycles. The quantitative estimate of drug-likeness (QED) is 0.318. The van der Waals surface area contributed by atoms with Gasteiger partial charge >= 0.3 is 0 Å². The van der Waals surface area contributed by atoms with Gasteiger partial charge in [-0.05, 0) is 60.5 Å². The van der Waals surface area contributed by atoms with Crippen LogP contribution in [0.3, 0.4) is 0 Å². The van der Waals surface area contributed by atoms with Gasteiger partial charge in [0.15, 0.2) is 0 Å². The Morgan fingerprint density at radius 2 is 1.82 bits per heavy atom. The van der Waals surface area contributed by atoms with E-state index in [0.29, 0.717) is 23.5 Å². The van der Waals surface area contributed by atoms with Crippen LogP contribution >= 0.6 is 11.6 Å². The standard InChI is InChI=1S/C25H20ClFN2O4/c1-2-33-18-7-8-20(26)19(13-18)23(30)21-22(16-9-11-28-12-10-16)29(25(32)24(21)31)14-15-3-5-17(27)6-4-15/h3-13,22,30H,2,14H2,1H3/b23-21+. The molecule has 1 atom stereocenters. The highest BCUT2D eigenvalue weighted by molar-refractivity contribution is 6.47. The largest absolute Gasteiger partial charge is 0.507 e. The maximum Gasteiger partial charge on any atom is 0.295 e. The number of ketones is 1. The fourth-order valence-corrected chi connectivity index (χ4v) is 4.02. The first kappa shape index (κ1) is 22.5. The second kappa shape index (κ2) is 9.42. The summed E-state index contributed by atoms with van der Waals surface area (Å²) in [6.07, 6.45) is 3.08. The van der Waals surface area contributed by atoms with E-state index in [1.54, 1.807) is 36.4 Å². The monoisotopic (exact) mass is 466 g/mol. The number of halogens is 2. The third-order valence-electron chi connectivity index (χ3n) is 5.33. The molecule has 1 amide bonds. The summed E-state index contributed by atoms with van der Waals surface area (Å²) in [6, 6.07) is 12.8. The summed E-state index contributed by atoms with van der Waals surface area (Å²) < 4.78 is 18.8. The summed E-state index contributed by atoms with van der Waals surface area (Å²) in [7, 11) is 0. The number of likely N-dealkylation sites (tertiary alicyclic amines) is 1. The van der Waals surface area contributed by atoms with E-state index in [1.165, 1.54) is 35.5 Å². The first-order valence-corrected chi connectivity index (χ1v) is 10.6. The predicted octanol–water partition coefficient (Wildman–Crippen LogP) is 4.89. The van der Waals surface area contributed by atoms with E-state index in [2.05, 4.69) is 4.98 Å². The number of ether oxygens (including phenoxy) is 1. The molecule has 8 heteroatoms. The van der Waals surface area contributed by atoms with Gasteiger partial charge in [-0.2, -0.15) is 0 Å². The van der Waals surface area contributed by atoms with E-state index < -0.39 is 29.3 Å². The Morgan fingerprint density at radius 3 is 2.48 bits per heavy atom. The van der Waals surface area contributed by atoms with Crippen LogP contribution in [0.5, 0.6) is 5.75 Å². The molecule has 0 spiro atoms. The van der Waals surface area contributed by atoms with Crippen molar-refractivity contribution in [1.82, 2.24) is 9.88 Å². The van der Waals surface area contributed by atoms with Gasteiger partial charge in [-0.3, -0.25) is 14.6 Å². The van der Waals surface area contributed by atoms with Crippen molar-refractivity contribution in [3.05, 3.63) is 100 Å². The molecule has 1 aliphatic heterocycles. The molecule has 33 heavy (non-hydrogen) atoms. The van der Waals surface area contributed by atoms with Crippen LogP contribution in [-0.2, 0) is 16.1 Å². The van der Waals surface area contributed by atoms with Crippen molar-refractivity contribution in [2.24, 2.45) is 0 Å². The minimum absolute atomic E-state index is 0.0430. The van der Waals surface area contributed by atoms with E-state index in [9.17, 15) is 19.1 Å². The number of pyridine rings is 1. The van der Waals surface area contributed by atoms with Crippen LogP contribution in [0.2, 0.25) is 5.02 Å². The lowest BCUT2D eigenvalue weighted by atomic mass is 9.95. The van der Waals surface area contributed by atoms with Crippen molar-refractivity contribution >= 4 is 29.1 Å². The lowest BCUT2D eigenvalue weighted by Crippen LogP contribution is -2.29. The molecule has 4 rings (SSSR count). The Kier molecular flexibility index (Phi) is 6.42. The molecule has 1 saturated heterocycles. The van der Waals surface area contributed by atoms with Gasteiger partial charge in [-0.15, -0.1) is 0 Å². The van der Waals surface area contributed by atoms with Crippen LogP contribution in [0, 0.1) is 5.82 Å². The van der Waals surface area contributed by atoms with E-state index in [4.69, 9.17) is 16.3 Å². The molecule has 2 aromatic carbocycles. The molecule has 6 nitrogen and oxygen atoms in total. The SMILES string of the molecule is CCOc1ccc(Cl)c(/C(O)=C2\C(=O)C(=O)N(Cc3ccc(F)cc3)C2c2ccncc2)c1. The van der Waals surface area contributed by atoms with Crippen molar-refractivity contribution in [3.63, 3.8) is 0 Å². The van der Waals surface area contributed by atoms with Crippen LogP contribution in [0.4, 0.5) is 4.39 Å². The van der Waals surface area contributed by atoms with E-state index in [1.807, 2.05) is 6.92 Å². The maximum absolute atomic E-state index is 13.4. The number of hydrogen-bond donors (Lipinski definition) is 1. The van der Waals surface area contributed by atoms with Gasteiger partial charge in [-0.1, -0.05) is 23.7 Å². The van der Waals surface area contributed by atoms with Gasteiger partial charge in [0.05, 0.1) is 23.2 Å². The number of hydrogen-bond acceptors (Lipinski definition) is 5. The number of aliphatic hydroxyl groups is 1. The van der Waals surface area contributed by atoms with Crippen molar-refractivity contribution in [1.29, 1.82) is 0 Å². The minimum atomic E-state index is -0.884. The first-order valence-electron chi connectivity index (χ1n) is 10.3. The number of carbonyl (C=O) groups excluding carboxylic acids is 2. The summed E-state index contributed by atoms with van der Waals surface area (Å²) in [4.78, 5) is 31.5. The minimum Gasteiger partial charge on any atom is -0.507 e. The highest BCUT2D eigenvalue weighted by Crippen LogP contribution is 2.41. The molecular weight excluding hydrogens is 447 g/mol. The molecule has 1 fully saturated rings. The summed E-state index contributed by atoms with van der Waals surface area (Å²) in [5, 5.41) is 11.4. The van der Waals surface area contributed by atoms with Gasteiger partial charge in [0.2, 0.25) is 0 Å². The van der Waals surface area contributed by atoms with Crippen LogP contribution in [0.15, 0.2) is 72.6 Å². The van der Waals surface area contributed by atoms with Gasteiger partial charge < -0.3 is 14.7 Å². The fraction of sp³-hybridized carbons (Fsp3) is 0.160. The second-order valence-corrected chi connectivity index (χ2v) is 7.82. The van der Waals surface area contributed by atoms with Gasteiger partial charge in [0.1, 0.15) is 17.3 Å². The van der Waals surface area contributed by atoms with Gasteiger partial charge in [0, 0.05) is 24.5 Å². The number of aromatic nitrogens is 1. The number of benzene rings is 2. The van der Waals surface area contributed by atoms with Crippen molar-refractivity contribution in [3.8, 4) is 5.75 Å². The molecule has 1 N–H and O–H groups in total. The van der Waals surface area contributed by atoms with E-state index >= 15 is 0 Å². The van der Waals surface area contributed by atoms with Gasteiger partial charge in [0.25, 0.3) is 11.7 Å². The average molecular weight is 467 g/mol. The zero-order valence-corrected chi connectivity index (χ0v) is 18.4. The number of carbonyl (C=O) groups is 2. The van der Waals surface area contributed by atoms with Gasteiger partial charge in [-0.25, -0.2) is 4.39 Å². The molecule has 1 unspecified atom stereocenters. The number of rotatable bonds is 6. The Morgan fingerprint density at radius 1 is 1.12 bits per heavy atom. The highest BCUT2D eigenvalue weighted by Gasteiger charge is 2.46. The molecule has 0 aliphatic carbocycles. The molecule has 168 valence electrons. The number of Topliss-reactive ketones (excluding diaryl/α,β-unsaturated/α-hetero) is 1. The van der Waals surface area contributed by atoms with E-state index in [-0.39, 0.29) is 22.7 Å². The maximum atomic E-state index is 13.4. The van der Waals surface area contributed by atoms with Crippen LogP contribution in [-0.4, -0.2) is 33.3 Å². The van der Waals surface area contributed by atoms with Crippen LogP contribution in [0.1, 0.15) is 29.7 Å². The Labute approximate surface area is 194 Å². The molecule has 0 bridgehead atoms. The smallest absolute Gasteiger partial charge is 0.295 e. The zero-order chi connectivity index (χ0) is 23.5. The van der Waals surface area contributed by atoms with Crippen LogP contribution in [0.25, 0.3) is 5.76 Å². The Hall–Kier alpha value is -3.71. The van der Waals surface area contributed by atoms with Crippen molar-refractivity contribution in [2.75, 3.05) is 6.61 Å². The third-order valence-corrected chi connectivity index (χ3v) is 5.66. The average Bonchev–Trinajstić information content (AvgIpc) is 3.07. The Bertz CT molecular complexity index is 1230. The zero-order valence-electron chi connectivity index (χ0n) is 17.7. The van der Waals surface area contributed by atoms with Crippen LogP contribution < -0.4 is 4.74 Å². The van der Waals surface area contributed by atoms with Crippen molar-refractivity contribution < 1.29 is 23.8 Å². The summed E-state index contributed by atoms with van der Waals surface area (Å²) in [6.45, 7) is 2.26. The normalized spacial score (nSPS) is 17.4. The molecule has 1 aliphatic rings. The molecule has 1 aromatic heterocycles. The highest BCUT2D eigenvalue weighted by atomic mass is 35.5. The predicted molar refractivity (Wildman–Crippen MR) is 121 cm³/mol. The third kappa shape index (κ3) is 4.45. The Balaban J connectivity index is 1.85. The topological polar surface area (TPSA) is 79.7 Å². The number of nitrogens with zero attached hydrogens (tertiary/aromatic N) is 2. The molecule has 2 heterocycles. The summed E-state index contributed by atoms with van der Waals surface area (Å²) in [5.41, 5.74) is 1.31. The second-order valence-electron chi connectivity index (χ2n) is 7.41. The lowest BCUT2D eigenvalue weighted by molar-refractivity contribution is -0.140. The lowest BCUT2D eigenvalue weighted by Gasteiger charge is -2.25. The molecular formula is C25H20ClFN2O4. The first-order chi connectivity index (χ1) is 15.9. The fourth-order valence-electron chi connectivity index (χ4n) is 3.81. The number of amides is 1. The number of aliphatic hydroxyl groups excluding tert-OH is 1. The van der Waals surface area contributed by atoms with E-state index in [0.717, 1.165) is 0 Å². The summed E-state index contributed by atoms with van der Waals surface area (Å²) in [5.74, 6) is -1.96.